The Labute approximate surface area is 84.7 Å². The summed E-state index contributed by atoms with van der Waals surface area (Å²) in [4.78, 5) is 23.1. The number of H-pyrrole nitrogens is 1. The van der Waals surface area contributed by atoms with Gasteiger partial charge in [-0.1, -0.05) is 0 Å². The van der Waals surface area contributed by atoms with Gasteiger partial charge in [0.1, 0.15) is 17.8 Å². The van der Waals surface area contributed by atoms with Crippen LogP contribution in [0.5, 0.6) is 0 Å². The van der Waals surface area contributed by atoms with Crippen molar-refractivity contribution in [3.05, 3.63) is 18.6 Å². The van der Waals surface area contributed by atoms with E-state index < -0.39 is 5.37 Å². The number of nitrogens with one attached hydrogen (secondary N) is 1. The van der Waals surface area contributed by atoms with Gasteiger partial charge in [0.25, 0.3) is 0 Å². The Balaban J connectivity index is 2.61. The topological polar surface area (TPSA) is 61.9 Å². The fourth-order valence-electron chi connectivity index (χ4n) is 1.21. The van der Waals surface area contributed by atoms with Gasteiger partial charge in [0.2, 0.25) is 0 Å². The molecule has 0 unspecified atom stereocenters. The minimum atomic E-state index is -0.578. The number of aromatic amines is 1. The van der Waals surface area contributed by atoms with Gasteiger partial charge in [-0.2, -0.15) is 0 Å². The first-order valence-electron chi connectivity index (χ1n) is 3.91. The van der Waals surface area contributed by atoms with Crippen LogP contribution in [0.25, 0.3) is 11.0 Å². The maximum atomic E-state index is 10.9. The molecular weight excluding hydrogens is 204 g/mol. The molecule has 0 bridgehead atoms. The van der Waals surface area contributed by atoms with Gasteiger partial charge in [-0.05, 0) is 17.7 Å². The minimum Gasteiger partial charge on any atom is -0.346 e. The van der Waals surface area contributed by atoms with Crippen molar-refractivity contribution in [3.8, 4) is 0 Å². The second-order valence-electron chi connectivity index (χ2n) is 2.75. The molecule has 0 saturated heterocycles. The van der Waals surface area contributed by atoms with Gasteiger partial charge in [0.15, 0.2) is 0 Å². The molecule has 0 aromatic carbocycles. The lowest BCUT2D eigenvalue weighted by atomic mass is 10.3. The van der Waals surface area contributed by atoms with Crippen molar-refractivity contribution < 1.29 is 4.79 Å². The number of aromatic nitrogens is 3. The molecule has 0 fully saturated rings. The molecular formula is C8H7ClN4O. The molecule has 1 amide bonds. The molecule has 6 heteroatoms. The zero-order valence-electron chi connectivity index (χ0n) is 7.36. The van der Waals surface area contributed by atoms with Crippen LogP contribution in [-0.4, -0.2) is 27.4 Å². The van der Waals surface area contributed by atoms with Gasteiger partial charge < -0.3 is 4.98 Å². The van der Waals surface area contributed by atoms with Crippen LogP contribution in [0.3, 0.4) is 0 Å². The van der Waals surface area contributed by atoms with Crippen molar-refractivity contribution in [2.75, 3.05) is 11.9 Å². The van der Waals surface area contributed by atoms with Crippen LogP contribution in [0.15, 0.2) is 18.6 Å². The Bertz CT molecular complexity index is 481. The average Bonchev–Trinajstić information content (AvgIpc) is 2.63. The smallest absolute Gasteiger partial charge is 0.321 e. The molecule has 0 saturated carbocycles. The van der Waals surface area contributed by atoms with Crippen LogP contribution >= 0.6 is 11.6 Å². The van der Waals surface area contributed by atoms with E-state index >= 15 is 0 Å². The van der Waals surface area contributed by atoms with Gasteiger partial charge in [-0.25, -0.2) is 9.97 Å². The van der Waals surface area contributed by atoms with Crippen molar-refractivity contribution in [2.45, 2.75) is 0 Å². The highest BCUT2D eigenvalue weighted by atomic mass is 35.5. The molecule has 0 radical (unpaired) electrons. The number of carbonyl (C=O) groups excluding carboxylic acids is 1. The van der Waals surface area contributed by atoms with Gasteiger partial charge in [-0.15, -0.1) is 0 Å². The zero-order valence-corrected chi connectivity index (χ0v) is 8.12. The SMILES string of the molecule is CN(C(=O)Cl)c1ncnc2[nH]ccc12. The summed E-state index contributed by atoms with van der Waals surface area (Å²) in [5, 5.41) is 0.190. The number of anilines is 1. The summed E-state index contributed by atoms with van der Waals surface area (Å²) >= 11 is 5.35. The van der Waals surface area contributed by atoms with Gasteiger partial charge >= 0.3 is 5.37 Å². The highest BCUT2D eigenvalue weighted by Gasteiger charge is 2.13. The van der Waals surface area contributed by atoms with E-state index in [0.717, 1.165) is 5.39 Å². The van der Waals surface area contributed by atoms with Crippen molar-refractivity contribution in [1.82, 2.24) is 15.0 Å². The number of fused-ring (bicyclic) bond motifs is 1. The van der Waals surface area contributed by atoms with Crippen LogP contribution < -0.4 is 4.90 Å². The first kappa shape index (κ1) is 8.96. The minimum absolute atomic E-state index is 0.497. The Hall–Kier alpha value is -1.62. The van der Waals surface area contributed by atoms with Crippen LogP contribution in [0.4, 0.5) is 10.6 Å². The quantitative estimate of drug-likeness (QED) is 0.576. The van der Waals surface area contributed by atoms with Crippen molar-refractivity contribution in [2.24, 2.45) is 0 Å². The first-order valence-corrected chi connectivity index (χ1v) is 4.29. The maximum absolute atomic E-state index is 10.9. The first-order chi connectivity index (χ1) is 6.70. The Kier molecular flexibility index (Phi) is 2.09. The lowest BCUT2D eigenvalue weighted by Crippen LogP contribution is -2.20. The molecule has 2 heterocycles. The van der Waals surface area contributed by atoms with Gasteiger partial charge in [-0.3, -0.25) is 9.69 Å². The number of hydrogen-bond donors (Lipinski definition) is 1. The molecule has 2 aromatic rings. The summed E-state index contributed by atoms with van der Waals surface area (Å²) in [5.74, 6) is 0.497. The summed E-state index contributed by atoms with van der Waals surface area (Å²) in [7, 11) is 1.56. The summed E-state index contributed by atoms with van der Waals surface area (Å²) in [6, 6.07) is 1.79. The van der Waals surface area contributed by atoms with Crippen LogP contribution in [0.2, 0.25) is 0 Å². The van der Waals surface area contributed by atoms with E-state index in [9.17, 15) is 4.79 Å². The Morgan fingerprint density at radius 2 is 2.36 bits per heavy atom. The molecule has 2 aromatic heterocycles. The third kappa shape index (κ3) is 1.31. The lowest BCUT2D eigenvalue weighted by molar-refractivity contribution is 0.265. The molecule has 14 heavy (non-hydrogen) atoms. The number of rotatable bonds is 1. The summed E-state index contributed by atoms with van der Waals surface area (Å²) in [5.41, 5.74) is 0.680. The maximum Gasteiger partial charge on any atom is 0.321 e. The monoisotopic (exact) mass is 210 g/mol. The second kappa shape index (κ2) is 3.26. The largest absolute Gasteiger partial charge is 0.346 e. The van der Waals surface area contributed by atoms with E-state index in [0.29, 0.717) is 11.5 Å². The number of amides is 1. The highest BCUT2D eigenvalue weighted by Crippen LogP contribution is 2.21. The lowest BCUT2D eigenvalue weighted by Gasteiger charge is -2.12. The van der Waals surface area contributed by atoms with Gasteiger partial charge in [0.05, 0.1) is 5.39 Å². The summed E-state index contributed by atoms with van der Waals surface area (Å²) in [6.45, 7) is 0. The van der Waals surface area contributed by atoms with E-state index in [1.165, 1.54) is 11.2 Å². The standard InChI is InChI=1S/C8H7ClN4O/c1-13(8(9)14)7-5-2-3-10-6(5)11-4-12-7/h2-4H,1H3,(H,10,11,12). The van der Waals surface area contributed by atoms with Crippen LogP contribution in [0.1, 0.15) is 0 Å². The normalized spacial score (nSPS) is 10.4. The number of nitrogens with zero attached hydrogens (tertiary/aromatic N) is 3. The fourth-order valence-corrected chi connectivity index (χ4v) is 1.29. The predicted molar refractivity (Wildman–Crippen MR) is 53.5 cm³/mol. The van der Waals surface area contributed by atoms with E-state index in [1.807, 2.05) is 0 Å². The number of carbonyl (C=O) groups is 1. The summed E-state index contributed by atoms with van der Waals surface area (Å²) < 4.78 is 0. The number of halogens is 1. The number of hydrogen-bond acceptors (Lipinski definition) is 3. The molecule has 0 aliphatic rings. The molecule has 0 aliphatic carbocycles. The molecule has 0 spiro atoms. The van der Waals surface area contributed by atoms with E-state index in [2.05, 4.69) is 15.0 Å². The molecule has 0 atom stereocenters. The molecule has 72 valence electrons. The van der Waals surface area contributed by atoms with Crippen molar-refractivity contribution in [3.63, 3.8) is 0 Å². The molecule has 2 rings (SSSR count). The average molecular weight is 211 g/mol. The van der Waals surface area contributed by atoms with E-state index in [4.69, 9.17) is 11.6 Å². The van der Waals surface area contributed by atoms with Crippen LogP contribution in [-0.2, 0) is 0 Å². The van der Waals surface area contributed by atoms with E-state index in [1.54, 1.807) is 19.3 Å². The fraction of sp³-hybridized carbons (Fsp3) is 0.125. The Morgan fingerprint density at radius 3 is 3.07 bits per heavy atom. The van der Waals surface area contributed by atoms with Crippen LogP contribution in [0, 0.1) is 0 Å². The van der Waals surface area contributed by atoms with Gasteiger partial charge in [0, 0.05) is 13.2 Å². The molecule has 5 nitrogen and oxygen atoms in total. The Morgan fingerprint density at radius 1 is 1.57 bits per heavy atom. The third-order valence-corrected chi connectivity index (χ3v) is 2.17. The molecule has 1 N–H and O–H groups in total. The zero-order chi connectivity index (χ0) is 10.1. The predicted octanol–water partition coefficient (Wildman–Crippen LogP) is 1.75. The van der Waals surface area contributed by atoms with Crippen molar-refractivity contribution >= 4 is 33.8 Å². The second-order valence-corrected chi connectivity index (χ2v) is 3.07. The molecule has 0 aliphatic heterocycles. The third-order valence-electron chi connectivity index (χ3n) is 1.91. The van der Waals surface area contributed by atoms with E-state index in [-0.39, 0.29) is 0 Å². The highest BCUT2D eigenvalue weighted by molar-refractivity contribution is 6.66. The summed E-state index contributed by atoms with van der Waals surface area (Å²) in [6.07, 6.45) is 3.11. The van der Waals surface area contributed by atoms with Crippen molar-refractivity contribution in [1.29, 1.82) is 0 Å².